The Morgan fingerprint density at radius 3 is 1.16 bits per heavy atom. The van der Waals surface area contributed by atoms with Gasteiger partial charge < -0.3 is 36.1 Å². The number of nitrogens with zero attached hydrogens (tertiary/aromatic N) is 15. The second-order valence-corrected chi connectivity index (χ2v) is 30.9. The molecule has 20 aromatic rings. The van der Waals surface area contributed by atoms with Crippen LogP contribution in [0, 0.1) is 40.4 Å². The van der Waals surface area contributed by atoms with E-state index in [0.717, 1.165) is 84.4 Å². The van der Waals surface area contributed by atoms with Crippen LogP contribution in [0.3, 0.4) is 0 Å². The molecular weight excluding hydrogens is 1690 g/mol. The zero-order chi connectivity index (χ0) is 91.7. The third kappa shape index (κ3) is 21.7. The molecule has 34 heteroatoms. The highest BCUT2D eigenvalue weighted by molar-refractivity contribution is 6.31. The number of ether oxygens (including phenoxy) is 2. The van der Waals surface area contributed by atoms with Crippen LogP contribution in [-0.4, -0.2) is 112 Å². The number of hydrogen-bond donors (Lipinski definition) is 10. The van der Waals surface area contributed by atoms with Gasteiger partial charge in [0.05, 0.1) is 80.6 Å². The molecule has 0 amide bonds. The Kier molecular flexibility index (Phi) is 27.1. The molecule has 0 aliphatic heterocycles. The number of benzene rings is 10. The van der Waals surface area contributed by atoms with Crippen LogP contribution in [0.5, 0.6) is 11.5 Å². The molecule has 0 unspecified atom stereocenters. The van der Waals surface area contributed by atoms with E-state index in [1.165, 1.54) is 76.2 Å². The number of nitrogens with one attached hydrogen (secondary N) is 10. The van der Waals surface area contributed by atoms with Crippen LogP contribution >= 0.6 is 11.6 Å². The highest BCUT2D eigenvalue weighted by atomic mass is 35.5. The average molecular weight is 1780 g/mol. The van der Waals surface area contributed by atoms with Crippen molar-refractivity contribution in [2.75, 3.05) is 40.3 Å². The van der Waals surface area contributed by atoms with Crippen molar-refractivity contribution in [2.45, 2.75) is 74.3 Å². The van der Waals surface area contributed by atoms with Crippen molar-refractivity contribution in [3.05, 3.63) is 398 Å². The highest BCUT2D eigenvalue weighted by Gasteiger charge is 2.18. The Labute approximate surface area is 757 Å². The Bertz CT molecular complexity index is 7790. The van der Waals surface area contributed by atoms with Gasteiger partial charge in [-0.1, -0.05) is 181 Å². The summed E-state index contributed by atoms with van der Waals surface area (Å²) in [5.41, 5.74) is 16.5. The molecule has 0 saturated heterocycles. The molecule has 0 fully saturated rings. The third-order valence-electron chi connectivity index (χ3n) is 20.9. The van der Waals surface area contributed by atoms with Gasteiger partial charge in [0.25, 0.3) is 56.7 Å². The molecule has 0 saturated carbocycles. The third-order valence-corrected chi connectivity index (χ3v) is 21.3. The number of halogens is 2. The van der Waals surface area contributed by atoms with Crippen LogP contribution in [0.1, 0.15) is 63.2 Å². The molecule has 0 spiro atoms. The normalized spacial score (nSPS) is 10.9. The molecule has 0 aliphatic rings. The van der Waals surface area contributed by atoms with Gasteiger partial charge in [0.1, 0.15) is 17.3 Å². The van der Waals surface area contributed by atoms with Gasteiger partial charge in [-0.3, -0.25) is 49.5 Å². The van der Waals surface area contributed by atoms with Crippen molar-refractivity contribution < 1.29 is 13.9 Å². The number of anilines is 5. The summed E-state index contributed by atoms with van der Waals surface area (Å²) in [7, 11) is 1.62. The SMILES string of the molecule is CCOc1ccccc1NCc1cc(=O)n2[nH]c(-c3ccccc3)nc2n1.COc1cccc(NCc2cc(=O)n3[nH]c(-c4ccccc4)nc3n2)c1.Cc1ccc(-c2nc3nc(CNc4ccc(F)cc4)cc(=O)n3[nH]2)cc1.Cc1ccc(-c2nc3nc(CNc4ccccc4)cc(=O)n3[nH]2)cc1C.Cc1ccc(NCc2cc(=O)n3[nH]c(-c4ccccc4C)nc3n2)cc1Cl. The Hall–Kier alpha value is -17.2. The van der Waals surface area contributed by atoms with Gasteiger partial charge >= 0.3 is 0 Å². The van der Waals surface area contributed by atoms with Gasteiger partial charge in [0, 0.05) is 92.0 Å². The van der Waals surface area contributed by atoms with Gasteiger partial charge in [0.2, 0.25) is 0 Å². The fourth-order valence-electron chi connectivity index (χ4n) is 13.8. The van der Waals surface area contributed by atoms with E-state index in [1.54, 1.807) is 19.2 Å². The van der Waals surface area contributed by atoms with E-state index in [-0.39, 0.29) is 33.6 Å². The zero-order valence-corrected chi connectivity index (χ0v) is 73.4. The number of aromatic amines is 5. The lowest BCUT2D eigenvalue weighted by atomic mass is 10.1. The molecule has 10 aromatic carbocycles. The fraction of sp³-hybridized carbons (Fsp3) is 0.133. The van der Waals surface area contributed by atoms with Gasteiger partial charge in [-0.25, -0.2) is 29.3 Å². The maximum Gasteiger partial charge on any atom is 0.274 e. The molecule has 0 radical (unpaired) electrons. The molecule has 10 N–H and O–H groups in total. The predicted molar refractivity (Wildman–Crippen MR) is 510 cm³/mol. The van der Waals surface area contributed by atoms with Crippen molar-refractivity contribution in [2.24, 2.45) is 0 Å². The molecule has 0 aliphatic carbocycles. The quantitative estimate of drug-likeness (QED) is 0.0284. The summed E-state index contributed by atoms with van der Waals surface area (Å²) in [5, 5.41) is 31.8. The van der Waals surface area contributed by atoms with Crippen molar-refractivity contribution in [1.29, 1.82) is 0 Å². The predicted octanol–water partition coefficient (Wildman–Crippen LogP) is 16.2. The fourth-order valence-corrected chi connectivity index (χ4v) is 13.9. The Morgan fingerprint density at radius 2 is 0.697 bits per heavy atom. The first-order chi connectivity index (χ1) is 64.2. The second-order valence-electron chi connectivity index (χ2n) is 30.4. The molecule has 132 heavy (non-hydrogen) atoms. The van der Waals surface area contributed by atoms with Crippen molar-refractivity contribution in [3.8, 4) is 68.4 Å². The summed E-state index contributed by atoms with van der Waals surface area (Å²) in [6.45, 7) is 14.6. The molecule has 10 aromatic heterocycles. The minimum absolute atomic E-state index is 0.178. The molecular formula is C98H89ClFN25O7. The molecule has 662 valence electrons. The van der Waals surface area contributed by atoms with E-state index in [2.05, 4.69) is 122 Å². The molecule has 20 rings (SSSR count). The monoisotopic (exact) mass is 1780 g/mol. The van der Waals surface area contributed by atoms with Gasteiger partial charge in [0.15, 0.2) is 29.1 Å². The van der Waals surface area contributed by atoms with Crippen LogP contribution < -0.4 is 63.9 Å². The van der Waals surface area contributed by atoms with Crippen LogP contribution in [0.25, 0.3) is 85.8 Å². The summed E-state index contributed by atoms with van der Waals surface area (Å²) in [6.07, 6.45) is 0. The Morgan fingerprint density at radius 1 is 0.326 bits per heavy atom. The molecule has 0 bridgehead atoms. The second kappa shape index (κ2) is 40.6. The smallest absolute Gasteiger partial charge is 0.274 e. The maximum absolute atomic E-state index is 12.9. The molecule has 32 nitrogen and oxygen atoms in total. The van der Waals surface area contributed by atoms with Crippen LogP contribution in [-0.2, 0) is 32.7 Å². The van der Waals surface area contributed by atoms with Crippen molar-refractivity contribution in [1.82, 2.24) is 97.9 Å². The first-order valence-electron chi connectivity index (χ1n) is 42.0. The van der Waals surface area contributed by atoms with E-state index in [4.69, 9.17) is 21.1 Å². The van der Waals surface area contributed by atoms with Gasteiger partial charge in [-0.15, -0.1) is 0 Å². The number of hydrogen-bond acceptors (Lipinski definition) is 22. The topological polar surface area (TPSA) is 394 Å². The van der Waals surface area contributed by atoms with Crippen LogP contribution in [0.2, 0.25) is 5.02 Å². The first-order valence-corrected chi connectivity index (χ1v) is 42.4. The Balaban J connectivity index is 0.000000120. The van der Waals surface area contributed by atoms with Crippen LogP contribution in [0.15, 0.2) is 303 Å². The lowest BCUT2D eigenvalue weighted by Gasteiger charge is -2.11. The molecule has 10 heterocycles. The largest absolute Gasteiger partial charge is 0.497 e. The molecule has 0 atom stereocenters. The highest BCUT2D eigenvalue weighted by Crippen LogP contribution is 2.28. The lowest BCUT2D eigenvalue weighted by Crippen LogP contribution is -2.17. The number of rotatable bonds is 23. The van der Waals surface area contributed by atoms with E-state index in [9.17, 15) is 28.4 Å². The minimum atomic E-state index is -0.298. The minimum Gasteiger partial charge on any atom is -0.497 e. The number of aromatic nitrogens is 20. The maximum atomic E-state index is 12.9. The zero-order valence-electron chi connectivity index (χ0n) is 72.6. The average Bonchev–Trinajstić information content (AvgIpc) is 1.64. The number of H-pyrrole nitrogens is 5. The standard InChI is InChI=1S/C20H18ClN5O.C20H19N5O2.C20H19N5O.C19H16FN5O.C19H17N5O2/c1-12-5-3-4-6-16(12)19-24-20-23-15(10-18(27)26(20)25-19)11-22-14-8-7-13(2)17(21)9-14;1-2-27-17-11-7-6-10-16(17)21-13-15-12-18(26)25-20(22-15)23-19(24-25)14-8-4-3-5-9-14;1-13-8-9-15(10-14(13)2)19-23-20-22-17(11-18(26)25(20)24-19)12-21-16-6-4-3-5-7-16;1-12-2-4-13(5-3-12)18-23-19-22-16(10-17(26)25(19)24-18)11-21-15-8-6-14(20)7-9-15;1-26-16-9-5-8-14(10-16)20-12-15-11-17(25)24-19(21-15)22-18(23-24)13-6-3-2-4-7-13/h3-10,22H,11H2,1-2H3,(H,23,24,25);3-12,21H,2,13H2,1H3,(H,22,23,24);3-11,21H,12H2,1-2H3,(H,22,23,24);2-10,21H,11H2,1H3,(H,22,23,24);2-11,20H,12H2,1H3,(H,21,22,23). The number of aryl methyl sites for hydroxylation is 5. The summed E-state index contributed by atoms with van der Waals surface area (Å²) < 4.78 is 30.5. The van der Waals surface area contributed by atoms with E-state index < -0.39 is 0 Å². The van der Waals surface area contributed by atoms with E-state index in [0.29, 0.717) is 131 Å². The van der Waals surface area contributed by atoms with Crippen molar-refractivity contribution in [3.63, 3.8) is 0 Å². The first kappa shape index (κ1) is 88.2. The number of para-hydroxylation sites is 3. The number of fused-ring (bicyclic) bond motifs is 5. The summed E-state index contributed by atoms with van der Waals surface area (Å²) >= 11 is 6.15. The van der Waals surface area contributed by atoms with Gasteiger partial charge in [-0.05, 0) is 143 Å². The van der Waals surface area contributed by atoms with Crippen molar-refractivity contribution >= 4 is 68.9 Å². The lowest BCUT2D eigenvalue weighted by molar-refractivity contribution is 0.341. The summed E-state index contributed by atoms with van der Waals surface area (Å²) in [4.78, 5) is 107. The summed E-state index contributed by atoms with van der Waals surface area (Å²) in [6, 6.07) is 85.3. The van der Waals surface area contributed by atoms with E-state index in [1.807, 2.05) is 246 Å². The number of methoxy groups -OCH3 is 1. The van der Waals surface area contributed by atoms with E-state index >= 15 is 0 Å². The van der Waals surface area contributed by atoms with Crippen LogP contribution in [0.4, 0.5) is 32.8 Å². The summed E-state index contributed by atoms with van der Waals surface area (Å²) in [5.74, 6) is 5.99. The van der Waals surface area contributed by atoms with Gasteiger partial charge in [-0.2, -0.15) is 47.5 Å².